The van der Waals surface area contributed by atoms with Gasteiger partial charge in [-0.1, -0.05) is 101 Å². The lowest BCUT2D eigenvalue weighted by Crippen LogP contribution is -2.11. The molecule has 0 spiro atoms. The number of benzene rings is 2. The molecule has 0 aliphatic carbocycles. The highest BCUT2D eigenvalue weighted by Gasteiger charge is 2.14. The summed E-state index contributed by atoms with van der Waals surface area (Å²) in [5, 5.41) is 4.17. The summed E-state index contributed by atoms with van der Waals surface area (Å²) in [5.74, 6) is 0. The SMILES string of the molecule is CC/C(C)=C(Br)/C=C\C=C(/C)P(c1ccccc1)c1ccccc1. The van der Waals surface area contributed by atoms with Crippen LogP contribution in [0.25, 0.3) is 0 Å². The second-order valence-electron chi connectivity index (χ2n) is 5.66. The van der Waals surface area contributed by atoms with Crippen LogP contribution in [-0.4, -0.2) is 0 Å². The van der Waals surface area contributed by atoms with E-state index in [2.05, 4.69) is 116 Å². The lowest BCUT2D eigenvalue weighted by molar-refractivity contribution is 1.10. The van der Waals surface area contributed by atoms with Gasteiger partial charge < -0.3 is 0 Å². The van der Waals surface area contributed by atoms with Gasteiger partial charge in [0, 0.05) is 4.48 Å². The summed E-state index contributed by atoms with van der Waals surface area (Å²) in [4.78, 5) is 0. The number of halogens is 1. The van der Waals surface area contributed by atoms with Crippen LogP contribution in [0.1, 0.15) is 27.2 Å². The van der Waals surface area contributed by atoms with E-state index in [1.54, 1.807) is 0 Å². The monoisotopic (exact) mass is 398 g/mol. The molecule has 24 heavy (non-hydrogen) atoms. The molecule has 2 aromatic carbocycles. The molecule has 0 bridgehead atoms. The average molecular weight is 399 g/mol. The van der Waals surface area contributed by atoms with E-state index in [4.69, 9.17) is 0 Å². The fourth-order valence-electron chi connectivity index (χ4n) is 2.37. The van der Waals surface area contributed by atoms with Gasteiger partial charge in [-0.15, -0.1) is 0 Å². The van der Waals surface area contributed by atoms with Gasteiger partial charge in [-0.25, -0.2) is 0 Å². The molecule has 0 nitrogen and oxygen atoms in total. The molecule has 0 aliphatic rings. The van der Waals surface area contributed by atoms with E-state index in [-0.39, 0.29) is 0 Å². The largest absolute Gasteiger partial charge is 0.0622 e. The summed E-state index contributed by atoms with van der Waals surface area (Å²) < 4.78 is 1.18. The highest BCUT2D eigenvalue weighted by Crippen LogP contribution is 2.42. The quantitative estimate of drug-likeness (QED) is 0.377. The Kier molecular flexibility index (Phi) is 7.69. The van der Waals surface area contributed by atoms with E-state index in [1.807, 2.05) is 0 Å². The summed E-state index contributed by atoms with van der Waals surface area (Å²) in [6.45, 7) is 6.57. The lowest BCUT2D eigenvalue weighted by atomic mass is 10.2. The predicted octanol–water partition coefficient (Wildman–Crippen LogP) is 6.66. The third kappa shape index (κ3) is 5.30. The van der Waals surface area contributed by atoms with Crippen LogP contribution in [0.2, 0.25) is 0 Å². The van der Waals surface area contributed by atoms with Gasteiger partial charge in [0.2, 0.25) is 0 Å². The molecule has 0 aliphatic heterocycles. The van der Waals surface area contributed by atoms with Crippen LogP contribution in [-0.2, 0) is 0 Å². The molecule has 0 amide bonds. The second kappa shape index (κ2) is 9.77. The van der Waals surface area contributed by atoms with Gasteiger partial charge in [0.15, 0.2) is 0 Å². The van der Waals surface area contributed by atoms with Crippen molar-refractivity contribution < 1.29 is 0 Å². The molecule has 2 heteroatoms. The molecule has 0 aromatic heterocycles. The minimum absolute atomic E-state index is 0.483. The molecule has 124 valence electrons. The van der Waals surface area contributed by atoms with Gasteiger partial charge in [0.1, 0.15) is 0 Å². The fraction of sp³-hybridized carbons (Fsp3) is 0.182. The molecular formula is C22H24BrP. The van der Waals surface area contributed by atoms with Crippen molar-refractivity contribution >= 4 is 34.5 Å². The average Bonchev–Trinajstić information content (AvgIpc) is 2.63. The maximum atomic E-state index is 3.65. The number of allylic oxidation sites excluding steroid dienone is 6. The third-order valence-electron chi connectivity index (χ3n) is 3.90. The van der Waals surface area contributed by atoms with Gasteiger partial charge in [0.05, 0.1) is 0 Å². The Morgan fingerprint density at radius 2 is 1.42 bits per heavy atom. The molecule has 0 radical (unpaired) electrons. The molecule has 2 rings (SSSR count). The van der Waals surface area contributed by atoms with Crippen molar-refractivity contribution in [3.63, 3.8) is 0 Å². The van der Waals surface area contributed by atoms with E-state index >= 15 is 0 Å². The molecule has 0 heterocycles. The van der Waals surface area contributed by atoms with Crippen LogP contribution < -0.4 is 10.6 Å². The lowest BCUT2D eigenvalue weighted by Gasteiger charge is -2.19. The first kappa shape index (κ1) is 18.9. The minimum Gasteiger partial charge on any atom is -0.0622 e. The summed E-state index contributed by atoms with van der Waals surface area (Å²) in [6, 6.07) is 21.6. The third-order valence-corrected chi connectivity index (χ3v) is 7.32. The van der Waals surface area contributed by atoms with Crippen LogP contribution in [0.3, 0.4) is 0 Å². The first-order chi connectivity index (χ1) is 11.6. The molecule has 0 saturated carbocycles. The van der Waals surface area contributed by atoms with E-state index in [9.17, 15) is 0 Å². The van der Waals surface area contributed by atoms with E-state index in [1.165, 1.54) is 26.0 Å². The molecule has 0 fully saturated rings. The topological polar surface area (TPSA) is 0 Å². The summed E-state index contributed by atoms with van der Waals surface area (Å²) in [5.41, 5.74) is 1.37. The second-order valence-corrected chi connectivity index (χ2v) is 8.92. The van der Waals surface area contributed by atoms with Gasteiger partial charge >= 0.3 is 0 Å². The molecule has 0 saturated heterocycles. The Balaban J connectivity index is 2.34. The van der Waals surface area contributed by atoms with Crippen LogP contribution >= 0.6 is 23.9 Å². The van der Waals surface area contributed by atoms with Gasteiger partial charge in [-0.3, -0.25) is 0 Å². The van der Waals surface area contributed by atoms with Crippen molar-refractivity contribution in [2.24, 2.45) is 0 Å². The predicted molar refractivity (Wildman–Crippen MR) is 114 cm³/mol. The van der Waals surface area contributed by atoms with Crippen molar-refractivity contribution in [2.45, 2.75) is 27.2 Å². The zero-order chi connectivity index (χ0) is 17.4. The Hall–Kier alpha value is -1.43. The van der Waals surface area contributed by atoms with E-state index in [0.29, 0.717) is 0 Å². The Labute approximate surface area is 155 Å². The molecule has 0 unspecified atom stereocenters. The standard InChI is InChI=1S/C22H24BrP/c1-4-18(2)22(23)17-11-12-19(3)24(20-13-7-5-8-14-20)21-15-9-6-10-16-21/h5-17H,4H2,1-3H3/b17-11-,19-12+,22-18-. The molecule has 2 aromatic rings. The smallest absolute Gasteiger partial charge is 0.0164 e. The van der Waals surface area contributed by atoms with E-state index < -0.39 is 7.92 Å². The maximum Gasteiger partial charge on any atom is 0.0164 e. The normalized spacial score (nSPS) is 13.5. The van der Waals surface area contributed by atoms with Crippen molar-refractivity contribution in [1.82, 2.24) is 0 Å². The van der Waals surface area contributed by atoms with Crippen molar-refractivity contribution in [1.29, 1.82) is 0 Å². The first-order valence-electron chi connectivity index (χ1n) is 8.24. The number of hydrogen-bond donors (Lipinski definition) is 0. The minimum atomic E-state index is -0.483. The highest BCUT2D eigenvalue weighted by molar-refractivity contribution is 9.11. The summed E-state index contributed by atoms with van der Waals surface area (Å²) >= 11 is 3.65. The molecule has 0 N–H and O–H groups in total. The van der Waals surface area contributed by atoms with Crippen LogP contribution in [0, 0.1) is 0 Å². The summed E-state index contributed by atoms with van der Waals surface area (Å²) in [7, 11) is -0.483. The summed E-state index contributed by atoms with van der Waals surface area (Å²) in [6.07, 6.45) is 7.61. The van der Waals surface area contributed by atoms with Gasteiger partial charge in [0.25, 0.3) is 0 Å². The number of hydrogen-bond acceptors (Lipinski definition) is 0. The van der Waals surface area contributed by atoms with Crippen LogP contribution in [0.15, 0.2) is 94.3 Å². The zero-order valence-corrected chi connectivity index (χ0v) is 17.0. The maximum absolute atomic E-state index is 3.65. The number of rotatable bonds is 6. The molecule has 0 atom stereocenters. The van der Waals surface area contributed by atoms with Crippen molar-refractivity contribution in [2.75, 3.05) is 0 Å². The Morgan fingerprint density at radius 1 is 0.917 bits per heavy atom. The Bertz CT molecular complexity index is 688. The van der Waals surface area contributed by atoms with Crippen molar-refractivity contribution in [3.05, 3.63) is 94.3 Å². The highest BCUT2D eigenvalue weighted by atomic mass is 79.9. The fourth-order valence-corrected chi connectivity index (χ4v) is 5.09. The van der Waals surface area contributed by atoms with E-state index in [0.717, 1.165) is 6.42 Å². The van der Waals surface area contributed by atoms with Crippen LogP contribution in [0.4, 0.5) is 0 Å². The van der Waals surface area contributed by atoms with Crippen molar-refractivity contribution in [3.8, 4) is 0 Å². The molecular weight excluding hydrogens is 375 g/mol. The van der Waals surface area contributed by atoms with Crippen LogP contribution in [0.5, 0.6) is 0 Å². The Morgan fingerprint density at radius 3 is 1.88 bits per heavy atom. The van der Waals surface area contributed by atoms with Gasteiger partial charge in [-0.2, -0.15) is 0 Å². The first-order valence-corrected chi connectivity index (χ1v) is 10.4. The zero-order valence-electron chi connectivity index (χ0n) is 14.5. The van der Waals surface area contributed by atoms with Gasteiger partial charge in [-0.05, 0) is 50.2 Å².